The van der Waals surface area contributed by atoms with Gasteiger partial charge in [-0.3, -0.25) is 4.99 Å². The molecule has 0 bridgehead atoms. The Morgan fingerprint density at radius 3 is 2.56 bits per heavy atom. The van der Waals surface area contributed by atoms with E-state index in [1.807, 2.05) is 25.1 Å². The maximum Gasteiger partial charge on any atom is 0.218 e. The summed E-state index contributed by atoms with van der Waals surface area (Å²) in [5, 5.41) is 6.74. The number of ether oxygens (including phenoxy) is 1. The van der Waals surface area contributed by atoms with Crippen molar-refractivity contribution >= 4 is 5.96 Å². The summed E-state index contributed by atoms with van der Waals surface area (Å²) in [6.07, 6.45) is 1.74. The average molecular weight is 340 g/mol. The second kappa shape index (κ2) is 9.06. The zero-order valence-electron chi connectivity index (χ0n) is 15.5. The van der Waals surface area contributed by atoms with E-state index in [0.717, 1.165) is 18.1 Å². The summed E-state index contributed by atoms with van der Waals surface area (Å²) in [5.41, 5.74) is 2.31. The van der Waals surface area contributed by atoms with Gasteiger partial charge in [0, 0.05) is 37.3 Å². The monoisotopic (exact) mass is 340 g/mol. The van der Waals surface area contributed by atoms with Gasteiger partial charge in [0.25, 0.3) is 0 Å². The summed E-state index contributed by atoms with van der Waals surface area (Å²) in [7, 11) is 1.78. The largest absolute Gasteiger partial charge is 0.478 e. The van der Waals surface area contributed by atoms with Crippen LogP contribution in [-0.4, -0.2) is 31.1 Å². The van der Waals surface area contributed by atoms with E-state index in [9.17, 15) is 0 Å². The molecule has 0 saturated heterocycles. The van der Waals surface area contributed by atoms with Gasteiger partial charge in [-0.05, 0) is 18.6 Å². The van der Waals surface area contributed by atoms with E-state index in [1.54, 1.807) is 13.2 Å². The lowest BCUT2D eigenvalue weighted by atomic mass is 9.85. The highest BCUT2D eigenvalue weighted by atomic mass is 16.5. The molecule has 0 saturated carbocycles. The molecule has 134 valence electrons. The predicted octanol–water partition coefficient (Wildman–Crippen LogP) is 3.12. The van der Waals surface area contributed by atoms with Crippen LogP contribution in [0.25, 0.3) is 0 Å². The summed E-state index contributed by atoms with van der Waals surface area (Å²) in [6.45, 7) is 8.38. The Bertz CT molecular complexity index is 683. The molecule has 5 nitrogen and oxygen atoms in total. The van der Waals surface area contributed by atoms with Gasteiger partial charge in [-0.2, -0.15) is 0 Å². The lowest BCUT2D eigenvalue weighted by molar-refractivity contribution is 0.322. The number of aliphatic imine (C=N–C) groups is 1. The molecule has 0 aliphatic carbocycles. The highest BCUT2D eigenvalue weighted by Crippen LogP contribution is 2.21. The maximum atomic E-state index is 5.56. The molecule has 0 amide bonds. The number of hydrogen-bond donors (Lipinski definition) is 2. The van der Waals surface area contributed by atoms with Gasteiger partial charge in [0.15, 0.2) is 5.96 Å². The summed E-state index contributed by atoms with van der Waals surface area (Å²) >= 11 is 0. The number of aromatic nitrogens is 1. The van der Waals surface area contributed by atoms with Crippen LogP contribution in [0.4, 0.5) is 0 Å². The SMILES string of the molecule is CCOc1ncccc1CNC(=NC)NCC(C)(C)c1ccccc1. The molecule has 2 rings (SSSR count). The second-order valence-corrected chi connectivity index (χ2v) is 6.43. The highest BCUT2D eigenvalue weighted by molar-refractivity contribution is 5.79. The molecule has 25 heavy (non-hydrogen) atoms. The lowest BCUT2D eigenvalue weighted by Gasteiger charge is -2.26. The van der Waals surface area contributed by atoms with Crippen molar-refractivity contribution < 1.29 is 4.74 Å². The average Bonchev–Trinajstić information content (AvgIpc) is 2.64. The molecule has 0 spiro atoms. The quantitative estimate of drug-likeness (QED) is 0.601. The van der Waals surface area contributed by atoms with Crippen molar-refractivity contribution in [3.05, 3.63) is 59.8 Å². The third kappa shape index (κ3) is 5.48. The third-order valence-electron chi connectivity index (χ3n) is 4.05. The van der Waals surface area contributed by atoms with E-state index < -0.39 is 0 Å². The minimum absolute atomic E-state index is 0.00364. The first kappa shape index (κ1) is 18.8. The Labute approximate surface area is 150 Å². The van der Waals surface area contributed by atoms with Crippen molar-refractivity contribution in [2.45, 2.75) is 32.7 Å². The van der Waals surface area contributed by atoms with E-state index in [4.69, 9.17) is 4.74 Å². The summed E-state index contributed by atoms with van der Waals surface area (Å²) in [6, 6.07) is 14.4. The van der Waals surface area contributed by atoms with E-state index in [1.165, 1.54) is 5.56 Å². The normalized spacial score (nSPS) is 11.9. The van der Waals surface area contributed by atoms with Crippen LogP contribution in [0.5, 0.6) is 5.88 Å². The number of hydrogen-bond acceptors (Lipinski definition) is 3. The van der Waals surface area contributed by atoms with Crippen LogP contribution in [0.3, 0.4) is 0 Å². The van der Waals surface area contributed by atoms with E-state index in [0.29, 0.717) is 19.0 Å². The Morgan fingerprint density at radius 1 is 1.12 bits per heavy atom. The zero-order valence-corrected chi connectivity index (χ0v) is 15.5. The van der Waals surface area contributed by atoms with Crippen molar-refractivity contribution in [3.8, 4) is 5.88 Å². The summed E-state index contributed by atoms with van der Waals surface area (Å²) in [5.74, 6) is 1.42. The fourth-order valence-electron chi connectivity index (χ4n) is 2.52. The Morgan fingerprint density at radius 2 is 1.88 bits per heavy atom. The molecule has 1 aromatic heterocycles. The van der Waals surface area contributed by atoms with Gasteiger partial charge in [-0.1, -0.05) is 50.2 Å². The van der Waals surface area contributed by atoms with Crippen LogP contribution >= 0.6 is 0 Å². The van der Waals surface area contributed by atoms with Gasteiger partial charge in [0.05, 0.1) is 6.61 Å². The highest BCUT2D eigenvalue weighted by Gasteiger charge is 2.20. The first-order chi connectivity index (χ1) is 12.1. The van der Waals surface area contributed by atoms with E-state index in [-0.39, 0.29) is 5.41 Å². The van der Waals surface area contributed by atoms with Crippen LogP contribution in [-0.2, 0) is 12.0 Å². The molecule has 5 heteroatoms. The number of pyridine rings is 1. The molecule has 2 aromatic rings. The minimum atomic E-state index is 0.00364. The van der Waals surface area contributed by atoms with Crippen LogP contribution in [0.2, 0.25) is 0 Å². The van der Waals surface area contributed by atoms with Crippen LogP contribution in [0.1, 0.15) is 31.9 Å². The number of guanidine groups is 1. The molecule has 0 aliphatic rings. The molecule has 0 aliphatic heterocycles. The van der Waals surface area contributed by atoms with Crippen LogP contribution < -0.4 is 15.4 Å². The third-order valence-corrected chi connectivity index (χ3v) is 4.05. The molecule has 0 unspecified atom stereocenters. The fraction of sp³-hybridized carbons (Fsp3) is 0.400. The Kier molecular flexibility index (Phi) is 6.81. The van der Waals surface area contributed by atoms with Gasteiger partial charge in [0.2, 0.25) is 5.88 Å². The second-order valence-electron chi connectivity index (χ2n) is 6.43. The molecule has 0 atom stereocenters. The standard InChI is InChI=1S/C20H28N4O/c1-5-25-18-16(10-9-13-22-18)14-23-19(21-4)24-15-20(2,3)17-11-7-6-8-12-17/h6-13H,5,14-15H2,1-4H3,(H2,21,23,24). The van der Waals surface area contributed by atoms with Crippen LogP contribution in [0, 0.1) is 0 Å². The first-order valence-electron chi connectivity index (χ1n) is 8.63. The van der Waals surface area contributed by atoms with Crippen molar-refractivity contribution in [1.29, 1.82) is 0 Å². The molecular formula is C20H28N4O. The van der Waals surface area contributed by atoms with Crippen molar-refractivity contribution in [2.75, 3.05) is 20.2 Å². The molecule has 1 heterocycles. The van der Waals surface area contributed by atoms with Gasteiger partial charge in [-0.25, -0.2) is 4.98 Å². The van der Waals surface area contributed by atoms with E-state index in [2.05, 4.69) is 58.7 Å². The fourth-order valence-corrected chi connectivity index (χ4v) is 2.52. The molecule has 2 N–H and O–H groups in total. The van der Waals surface area contributed by atoms with Crippen molar-refractivity contribution in [2.24, 2.45) is 4.99 Å². The first-order valence-corrected chi connectivity index (χ1v) is 8.63. The summed E-state index contributed by atoms with van der Waals surface area (Å²) in [4.78, 5) is 8.58. The zero-order chi connectivity index (χ0) is 18.1. The topological polar surface area (TPSA) is 58.5 Å². The van der Waals surface area contributed by atoms with Gasteiger partial charge in [0.1, 0.15) is 0 Å². The van der Waals surface area contributed by atoms with E-state index >= 15 is 0 Å². The molecular weight excluding hydrogens is 312 g/mol. The molecule has 0 radical (unpaired) electrons. The number of nitrogens with zero attached hydrogens (tertiary/aromatic N) is 2. The van der Waals surface area contributed by atoms with Gasteiger partial charge < -0.3 is 15.4 Å². The maximum absolute atomic E-state index is 5.56. The summed E-state index contributed by atoms with van der Waals surface area (Å²) < 4.78 is 5.56. The number of rotatable bonds is 7. The Hall–Kier alpha value is -2.56. The predicted molar refractivity (Wildman–Crippen MR) is 103 cm³/mol. The smallest absolute Gasteiger partial charge is 0.218 e. The lowest BCUT2D eigenvalue weighted by Crippen LogP contribution is -2.43. The number of benzene rings is 1. The molecule has 0 fully saturated rings. The number of nitrogens with one attached hydrogen (secondary N) is 2. The van der Waals surface area contributed by atoms with Gasteiger partial charge >= 0.3 is 0 Å². The molecule has 1 aromatic carbocycles. The Balaban J connectivity index is 1.93. The van der Waals surface area contributed by atoms with Crippen molar-refractivity contribution in [1.82, 2.24) is 15.6 Å². The minimum Gasteiger partial charge on any atom is -0.478 e. The van der Waals surface area contributed by atoms with Gasteiger partial charge in [-0.15, -0.1) is 0 Å². The van der Waals surface area contributed by atoms with Crippen LogP contribution in [0.15, 0.2) is 53.7 Å². The van der Waals surface area contributed by atoms with Crippen molar-refractivity contribution in [3.63, 3.8) is 0 Å².